The average molecular weight is 318 g/mol. The topological polar surface area (TPSA) is 47.7 Å². The Balaban J connectivity index is 2.06. The molecule has 1 aliphatic heterocycles. The number of fused-ring (bicyclic) bond motifs is 2. The summed E-state index contributed by atoms with van der Waals surface area (Å²) >= 11 is 0. The zero-order valence-corrected chi connectivity index (χ0v) is 14.7. The van der Waals surface area contributed by atoms with Crippen LogP contribution in [0.15, 0.2) is 12.1 Å². The average Bonchev–Trinajstić information content (AvgIpc) is 3.05. The van der Waals surface area contributed by atoms with Crippen LogP contribution in [0.3, 0.4) is 0 Å². The van der Waals surface area contributed by atoms with Crippen molar-refractivity contribution in [3.05, 3.63) is 23.3 Å². The fraction of sp³-hybridized carbons (Fsp3) is 0.684. The molecule has 0 aromatic heterocycles. The highest BCUT2D eigenvalue weighted by Crippen LogP contribution is 2.51. The molecule has 1 aliphatic carbocycles. The fourth-order valence-corrected chi connectivity index (χ4v) is 4.55. The van der Waals surface area contributed by atoms with Gasteiger partial charge in [-0.05, 0) is 62.5 Å². The predicted octanol–water partition coefficient (Wildman–Crippen LogP) is 3.24. The van der Waals surface area contributed by atoms with Crippen LogP contribution in [0.1, 0.15) is 56.2 Å². The van der Waals surface area contributed by atoms with Gasteiger partial charge in [0.1, 0.15) is 0 Å². The van der Waals surface area contributed by atoms with Crippen molar-refractivity contribution < 1.29 is 9.47 Å². The SMILES string of the molecule is COc1cc2c(cc1OC)C1(CCCC1)CN(CCCN)C2C. The van der Waals surface area contributed by atoms with Crippen LogP contribution in [0.2, 0.25) is 0 Å². The van der Waals surface area contributed by atoms with Crippen molar-refractivity contribution in [3.8, 4) is 11.5 Å². The molecule has 128 valence electrons. The molecule has 2 N–H and O–H groups in total. The lowest BCUT2D eigenvalue weighted by atomic mass is 9.71. The monoisotopic (exact) mass is 318 g/mol. The molecule has 1 saturated carbocycles. The van der Waals surface area contributed by atoms with Crippen molar-refractivity contribution in [2.24, 2.45) is 5.73 Å². The van der Waals surface area contributed by atoms with Crippen molar-refractivity contribution in [1.29, 1.82) is 0 Å². The number of nitrogens with two attached hydrogens (primary N) is 1. The van der Waals surface area contributed by atoms with E-state index in [0.717, 1.165) is 37.6 Å². The maximum absolute atomic E-state index is 5.75. The molecule has 0 bridgehead atoms. The van der Waals surface area contributed by atoms with E-state index in [0.29, 0.717) is 6.04 Å². The van der Waals surface area contributed by atoms with E-state index >= 15 is 0 Å². The van der Waals surface area contributed by atoms with E-state index < -0.39 is 0 Å². The van der Waals surface area contributed by atoms with Crippen molar-refractivity contribution in [3.63, 3.8) is 0 Å². The number of hydrogen-bond acceptors (Lipinski definition) is 4. The third-order valence-corrected chi connectivity index (χ3v) is 5.84. The van der Waals surface area contributed by atoms with Gasteiger partial charge in [-0.2, -0.15) is 0 Å². The Hall–Kier alpha value is -1.26. The van der Waals surface area contributed by atoms with E-state index in [-0.39, 0.29) is 5.41 Å². The van der Waals surface area contributed by atoms with Crippen molar-refractivity contribution in [2.45, 2.75) is 50.5 Å². The van der Waals surface area contributed by atoms with Crippen LogP contribution in [0, 0.1) is 0 Å². The number of nitrogens with zero attached hydrogens (tertiary/aromatic N) is 1. The quantitative estimate of drug-likeness (QED) is 0.905. The maximum Gasteiger partial charge on any atom is 0.161 e. The number of benzene rings is 1. The molecule has 1 aromatic rings. The summed E-state index contributed by atoms with van der Waals surface area (Å²) in [7, 11) is 3.45. The van der Waals surface area contributed by atoms with Crippen LogP contribution in [-0.4, -0.2) is 38.8 Å². The first-order valence-electron chi connectivity index (χ1n) is 8.86. The van der Waals surface area contributed by atoms with E-state index in [9.17, 15) is 0 Å². The van der Waals surface area contributed by atoms with Gasteiger partial charge in [0.05, 0.1) is 14.2 Å². The van der Waals surface area contributed by atoms with Crippen molar-refractivity contribution >= 4 is 0 Å². The van der Waals surface area contributed by atoms with Crippen LogP contribution in [0.5, 0.6) is 11.5 Å². The smallest absolute Gasteiger partial charge is 0.161 e. The zero-order chi connectivity index (χ0) is 16.4. The molecule has 0 amide bonds. The third-order valence-electron chi connectivity index (χ3n) is 5.84. The Labute approximate surface area is 139 Å². The molecule has 1 spiro atoms. The van der Waals surface area contributed by atoms with Gasteiger partial charge in [-0.15, -0.1) is 0 Å². The molecule has 4 nitrogen and oxygen atoms in total. The van der Waals surface area contributed by atoms with Crippen molar-refractivity contribution in [1.82, 2.24) is 4.90 Å². The molecule has 0 radical (unpaired) electrons. The summed E-state index contributed by atoms with van der Waals surface area (Å²) in [6, 6.07) is 4.85. The van der Waals surface area contributed by atoms with E-state index in [1.807, 2.05) is 0 Å². The van der Waals surface area contributed by atoms with E-state index in [1.165, 1.54) is 36.8 Å². The second-order valence-electron chi connectivity index (χ2n) is 7.07. The predicted molar refractivity (Wildman–Crippen MR) is 93.4 cm³/mol. The highest BCUT2D eigenvalue weighted by atomic mass is 16.5. The Morgan fingerprint density at radius 1 is 1.17 bits per heavy atom. The molecule has 1 atom stereocenters. The minimum atomic E-state index is 0.288. The molecule has 0 saturated heterocycles. The van der Waals surface area contributed by atoms with Gasteiger partial charge in [0.2, 0.25) is 0 Å². The van der Waals surface area contributed by atoms with Gasteiger partial charge in [0, 0.05) is 18.0 Å². The normalized spacial score (nSPS) is 23.0. The van der Waals surface area contributed by atoms with Gasteiger partial charge in [-0.3, -0.25) is 4.90 Å². The van der Waals surface area contributed by atoms with Gasteiger partial charge < -0.3 is 15.2 Å². The van der Waals surface area contributed by atoms with Crippen LogP contribution < -0.4 is 15.2 Å². The van der Waals surface area contributed by atoms with Crippen LogP contribution in [-0.2, 0) is 5.41 Å². The second-order valence-corrected chi connectivity index (χ2v) is 7.07. The number of methoxy groups -OCH3 is 2. The molecular formula is C19H30N2O2. The fourth-order valence-electron chi connectivity index (χ4n) is 4.55. The first-order valence-corrected chi connectivity index (χ1v) is 8.86. The Morgan fingerprint density at radius 3 is 2.43 bits per heavy atom. The van der Waals surface area contributed by atoms with E-state index in [4.69, 9.17) is 15.2 Å². The largest absolute Gasteiger partial charge is 0.493 e. The highest BCUT2D eigenvalue weighted by molar-refractivity contribution is 5.52. The van der Waals surface area contributed by atoms with E-state index in [2.05, 4.69) is 24.0 Å². The number of rotatable bonds is 5. The summed E-state index contributed by atoms with van der Waals surface area (Å²) in [6.45, 7) is 5.29. The molecule has 1 fully saturated rings. The lowest BCUT2D eigenvalue weighted by molar-refractivity contribution is 0.135. The summed E-state index contributed by atoms with van der Waals surface area (Å²) in [6.07, 6.45) is 6.27. The minimum absolute atomic E-state index is 0.288. The van der Waals surface area contributed by atoms with Gasteiger partial charge in [0.25, 0.3) is 0 Å². The summed E-state index contributed by atoms with van der Waals surface area (Å²) in [4.78, 5) is 2.62. The van der Waals surface area contributed by atoms with Crippen LogP contribution in [0.4, 0.5) is 0 Å². The van der Waals surface area contributed by atoms with Crippen LogP contribution in [0.25, 0.3) is 0 Å². The van der Waals surface area contributed by atoms with Gasteiger partial charge in [-0.25, -0.2) is 0 Å². The second kappa shape index (κ2) is 6.70. The third kappa shape index (κ3) is 2.83. The zero-order valence-electron chi connectivity index (χ0n) is 14.7. The summed E-state index contributed by atoms with van der Waals surface area (Å²) < 4.78 is 11.1. The Morgan fingerprint density at radius 2 is 1.83 bits per heavy atom. The molecule has 4 heteroatoms. The minimum Gasteiger partial charge on any atom is -0.493 e. The summed E-state index contributed by atoms with van der Waals surface area (Å²) in [5.74, 6) is 1.70. The summed E-state index contributed by atoms with van der Waals surface area (Å²) in [5.41, 5.74) is 8.94. The number of ether oxygens (including phenoxy) is 2. The Kier molecular flexibility index (Phi) is 4.83. The molecule has 3 rings (SSSR count). The van der Waals surface area contributed by atoms with E-state index in [1.54, 1.807) is 14.2 Å². The molecule has 1 aromatic carbocycles. The van der Waals surface area contributed by atoms with Crippen molar-refractivity contribution in [2.75, 3.05) is 33.9 Å². The Bertz CT molecular complexity index is 553. The number of hydrogen-bond donors (Lipinski definition) is 1. The molecule has 2 aliphatic rings. The summed E-state index contributed by atoms with van der Waals surface area (Å²) in [5, 5.41) is 0. The maximum atomic E-state index is 5.75. The molecule has 1 unspecified atom stereocenters. The van der Waals surface area contributed by atoms with Crippen LogP contribution >= 0.6 is 0 Å². The van der Waals surface area contributed by atoms with Gasteiger partial charge >= 0.3 is 0 Å². The lowest BCUT2D eigenvalue weighted by Gasteiger charge is -2.46. The first kappa shape index (κ1) is 16.6. The molecular weight excluding hydrogens is 288 g/mol. The standard InChI is InChI=1S/C19H30N2O2/c1-14-15-11-17(22-2)18(23-3)12-16(15)19(7-4-5-8-19)13-21(14)10-6-9-20/h11-12,14H,4-10,13,20H2,1-3H3. The lowest BCUT2D eigenvalue weighted by Crippen LogP contribution is -2.46. The molecule has 23 heavy (non-hydrogen) atoms. The van der Waals surface area contributed by atoms with Gasteiger partial charge in [0.15, 0.2) is 11.5 Å². The first-order chi connectivity index (χ1) is 11.1. The molecule has 1 heterocycles. The highest BCUT2D eigenvalue weighted by Gasteiger charge is 2.44. The van der Waals surface area contributed by atoms with Gasteiger partial charge in [-0.1, -0.05) is 12.8 Å².